The van der Waals surface area contributed by atoms with Gasteiger partial charge in [-0.25, -0.2) is 9.78 Å². The molecule has 1 rings (SSSR count). The number of carbonyl (C=O) groups is 1. The molecule has 1 atom stereocenters. The average Bonchev–Trinajstić information content (AvgIpc) is 2.73. The number of hydrogen-bond donors (Lipinski definition) is 2. The quantitative estimate of drug-likeness (QED) is 0.208. The third-order valence-corrected chi connectivity index (χ3v) is 6.60. The van der Waals surface area contributed by atoms with Crippen LogP contribution in [0.15, 0.2) is 18.3 Å². The first-order chi connectivity index (χ1) is 14.6. The molecule has 0 radical (unpaired) electrons. The Bertz CT molecular complexity index is 536. The van der Waals surface area contributed by atoms with Crippen LogP contribution in [0.3, 0.4) is 0 Å². The van der Waals surface area contributed by atoms with Crippen LogP contribution in [0.2, 0.25) is 0 Å². The lowest BCUT2D eigenvalue weighted by atomic mass is 10.0. The van der Waals surface area contributed by atoms with Crippen LogP contribution in [-0.4, -0.2) is 33.6 Å². The number of carboxylic acids is 1. The van der Waals surface area contributed by atoms with Crippen LogP contribution in [0.5, 0.6) is 0 Å². The number of unbranched alkanes of at least 4 members (excludes halogenated alkanes) is 13. The zero-order valence-corrected chi connectivity index (χ0v) is 20.2. The molecule has 0 saturated heterocycles. The molecule has 0 saturated carbocycles. The molecule has 5 heteroatoms. The van der Waals surface area contributed by atoms with Gasteiger partial charge in [-0.3, -0.25) is 0 Å². The van der Waals surface area contributed by atoms with E-state index in [1.165, 1.54) is 89.9 Å². The third-order valence-electron chi connectivity index (χ3n) is 5.46. The maximum atomic E-state index is 11.5. The Hall–Kier alpha value is -1.23. The Morgan fingerprint density at radius 2 is 1.47 bits per heavy atom. The van der Waals surface area contributed by atoms with Crippen molar-refractivity contribution in [3.05, 3.63) is 23.9 Å². The molecule has 30 heavy (non-hydrogen) atoms. The average molecular weight is 437 g/mol. The minimum absolute atomic E-state index is 0.573. The number of carboxylic acid groups (broad SMARTS) is 1. The van der Waals surface area contributed by atoms with Gasteiger partial charge in [0.2, 0.25) is 0 Å². The lowest BCUT2D eigenvalue weighted by molar-refractivity contribution is -0.137. The van der Waals surface area contributed by atoms with Gasteiger partial charge in [0, 0.05) is 11.9 Å². The molecule has 0 fully saturated rings. The molecular formula is C25H44N2O2S. The molecule has 0 aliphatic carbocycles. The topological polar surface area (TPSA) is 62.2 Å². The zero-order chi connectivity index (χ0) is 21.9. The summed E-state index contributed by atoms with van der Waals surface area (Å²) in [5.41, 5.74) is 1.07. The van der Waals surface area contributed by atoms with Gasteiger partial charge in [-0.1, -0.05) is 96.5 Å². The zero-order valence-electron chi connectivity index (χ0n) is 19.3. The first kappa shape index (κ1) is 26.8. The summed E-state index contributed by atoms with van der Waals surface area (Å²) in [6, 6.07) is 3.19. The number of thioether (sulfide) groups is 1. The van der Waals surface area contributed by atoms with Crippen LogP contribution in [0.4, 0.5) is 5.82 Å². The maximum absolute atomic E-state index is 11.5. The fraction of sp³-hybridized carbons (Fsp3) is 0.760. The number of aryl methyl sites for hydroxylation is 1. The van der Waals surface area contributed by atoms with E-state index in [2.05, 4.69) is 17.2 Å². The van der Waals surface area contributed by atoms with Gasteiger partial charge in [-0.05, 0) is 30.7 Å². The van der Waals surface area contributed by atoms with Crippen molar-refractivity contribution in [3.63, 3.8) is 0 Å². The van der Waals surface area contributed by atoms with E-state index in [0.29, 0.717) is 11.6 Å². The van der Waals surface area contributed by atoms with Crippen molar-refractivity contribution in [2.24, 2.45) is 0 Å². The fourth-order valence-electron chi connectivity index (χ4n) is 3.51. The van der Waals surface area contributed by atoms with Gasteiger partial charge in [0.25, 0.3) is 0 Å². The Morgan fingerprint density at radius 1 is 0.933 bits per heavy atom. The van der Waals surface area contributed by atoms with Gasteiger partial charge < -0.3 is 10.4 Å². The molecule has 4 nitrogen and oxygen atoms in total. The fourth-order valence-corrected chi connectivity index (χ4v) is 4.54. The van der Waals surface area contributed by atoms with Crippen molar-refractivity contribution in [3.8, 4) is 0 Å². The van der Waals surface area contributed by atoms with E-state index in [9.17, 15) is 9.90 Å². The van der Waals surface area contributed by atoms with Crippen molar-refractivity contribution < 1.29 is 9.90 Å². The predicted molar refractivity (Wildman–Crippen MR) is 132 cm³/mol. The molecule has 0 aliphatic rings. The lowest BCUT2D eigenvalue weighted by Crippen LogP contribution is -2.32. The summed E-state index contributed by atoms with van der Waals surface area (Å²) in [6.07, 6.45) is 20.9. The molecule has 2 N–H and O–H groups in total. The summed E-state index contributed by atoms with van der Waals surface area (Å²) >= 11 is 1.73. The van der Waals surface area contributed by atoms with E-state index in [1.54, 1.807) is 18.0 Å². The first-order valence-corrected chi connectivity index (χ1v) is 13.3. The van der Waals surface area contributed by atoms with E-state index in [4.69, 9.17) is 0 Å². The second-order valence-corrected chi connectivity index (χ2v) is 9.58. The van der Waals surface area contributed by atoms with Crippen LogP contribution in [0.1, 0.15) is 102 Å². The van der Waals surface area contributed by atoms with Crippen LogP contribution in [0.25, 0.3) is 0 Å². The van der Waals surface area contributed by atoms with Crippen LogP contribution in [0, 0.1) is 6.92 Å². The molecule has 0 bridgehead atoms. The van der Waals surface area contributed by atoms with E-state index < -0.39 is 12.0 Å². The second-order valence-electron chi connectivity index (χ2n) is 8.43. The van der Waals surface area contributed by atoms with Gasteiger partial charge in [0.1, 0.15) is 11.9 Å². The molecule has 1 aromatic heterocycles. The molecule has 0 aromatic carbocycles. The van der Waals surface area contributed by atoms with E-state index in [1.807, 2.05) is 19.1 Å². The van der Waals surface area contributed by atoms with Crippen LogP contribution in [-0.2, 0) is 4.79 Å². The molecule has 172 valence electrons. The summed E-state index contributed by atoms with van der Waals surface area (Å²) in [6.45, 7) is 4.24. The molecule has 1 heterocycles. The number of anilines is 1. The Morgan fingerprint density at radius 3 is 1.93 bits per heavy atom. The van der Waals surface area contributed by atoms with Crippen LogP contribution < -0.4 is 5.32 Å². The minimum atomic E-state index is -0.814. The minimum Gasteiger partial charge on any atom is -0.480 e. The van der Waals surface area contributed by atoms with Crippen molar-refractivity contribution in [2.45, 2.75) is 110 Å². The van der Waals surface area contributed by atoms with Crippen molar-refractivity contribution in [2.75, 3.05) is 16.8 Å². The van der Waals surface area contributed by atoms with Gasteiger partial charge in [-0.15, -0.1) is 0 Å². The van der Waals surface area contributed by atoms with Gasteiger partial charge >= 0.3 is 5.97 Å². The Kier molecular flexibility index (Phi) is 16.6. The van der Waals surface area contributed by atoms with Gasteiger partial charge in [0.05, 0.1) is 0 Å². The highest BCUT2D eigenvalue weighted by atomic mass is 32.2. The Balaban J connectivity index is 1.92. The number of aromatic nitrogens is 1. The highest BCUT2D eigenvalue weighted by Crippen LogP contribution is 2.15. The second kappa shape index (κ2) is 18.5. The molecular weight excluding hydrogens is 392 g/mol. The predicted octanol–water partition coefficient (Wildman–Crippen LogP) is 7.47. The largest absolute Gasteiger partial charge is 0.480 e. The summed E-state index contributed by atoms with van der Waals surface area (Å²) in [4.78, 5) is 15.7. The lowest BCUT2D eigenvalue weighted by Gasteiger charge is -2.14. The summed E-state index contributed by atoms with van der Waals surface area (Å²) in [5.74, 6) is 1.42. The number of nitrogens with zero attached hydrogens (tertiary/aromatic N) is 1. The summed E-state index contributed by atoms with van der Waals surface area (Å²) in [7, 11) is 0. The summed E-state index contributed by atoms with van der Waals surface area (Å²) < 4.78 is 0. The maximum Gasteiger partial charge on any atom is 0.327 e. The molecule has 0 aliphatic heterocycles. The Labute approximate surface area is 189 Å². The smallest absolute Gasteiger partial charge is 0.327 e. The number of nitrogens with one attached hydrogen (secondary N) is 1. The van der Waals surface area contributed by atoms with E-state index in [0.717, 1.165) is 11.3 Å². The SMILES string of the molecule is CCCCCCCCCCCCCCCCSCC(Nc1ccc(C)cn1)C(=O)O. The molecule has 0 spiro atoms. The number of hydrogen-bond acceptors (Lipinski definition) is 4. The number of pyridine rings is 1. The van der Waals surface area contributed by atoms with Crippen molar-refractivity contribution in [1.29, 1.82) is 0 Å². The van der Waals surface area contributed by atoms with Gasteiger partial charge in [0.15, 0.2) is 0 Å². The van der Waals surface area contributed by atoms with Crippen LogP contribution >= 0.6 is 11.8 Å². The van der Waals surface area contributed by atoms with E-state index >= 15 is 0 Å². The first-order valence-electron chi connectivity index (χ1n) is 12.1. The highest BCUT2D eigenvalue weighted by Gasteiger charge is 2.17. The van der Waals surface area contributed by atoms with E-state index in [-0.39, 0.29) is 0 Å². The molecule has 0 amide bonds. The molecule has 1 unspecified atom stereocenters. The van der Waals surface area contributed by atoms with Gasteiger partial charge in [-0.2, -0.15) is 11.8 Å². The normalized spacial score (nSPS) is 12.1. The monoisotopic (exact) mass is 436 g/mol. The third kappa shape index (κ3) is 14.7. The summed E-state index contributed by atoms with van der Waals surface area (Å²) in [5, 5.41) is 12.4. The number of aliphatic carboxylic acids is 1. The number of rotatable bonds is 20. The highest BCUT2D eigenvalue weighted by molar-refractivity contribution is 7.99. The standard InChI is InChI=1S/C25H44N2O2S/c1-3-4-5-6-7-8-9-10-11-12-13-14-15-16-19-30-21-23(25(28)29)27-24-18-17-22(2)20-26-24/h17-18,20,23H,3-16,19,21H2,1-2H3,(H,26,27)(H,28,29). The van der Waals surface area contributed by atoms with Crippen molar-refractivity contribution in [1.82, 2.24) is 4.98 Å². The van der Waals surface area contributed by atoms with Crippen molar-refractivity contribution >= 4 is 23.5 Å². The molecule has 1 aromatic rings.